The molecule has 2 aromatic rings. The van der Waals surface area contributed by atoms with Crippen LogP contribution in [0.15, 0.2) is 59.1 Å². The van der Waals surface area contributed by atoms with E-state index in [0.29, 0.717) is 0 Å². The molecule has 0 bridgehead atoms. The van der Waals surface area contributed by atoms with Crippen molar-refractivity contribution in [3.8, 4) is 0 Å². The third-order valence-electron chi connectivity index (χ3n) is 3.50. The Morgan fingerprint density at radius 3 is 2.04 bits per heavy atom. The normalized spacial score (nSPS) is 11.2. The number of hydrogen-bond donors (Lipinski definition) is 2. The van der Waals surface area contributed by atoms with Gasteiger partial charge in [0.1, 0.15) is 0 Å². The zero-order chi connectivity index (χ0) is 16.9. The summed E-state index contributed by atoms with van der Waals surface area (Å²) in [6.07, 6.45) is 0. The van der Waals surface area contributed by atoms with Crippen molar-refractivity contribution in [1.29, 1.82) is 0 Å². The first-order chi connectivity index (χ1) is 11.0. The molecule has 0 aliphatic rings. The Hall–Kier alpha value is -2.18. The highest BCUT2D eigenvalue weighted by atomic mass is 79.9. The molecule has 0 heterocycles. The minimum atomic E-state index is -2.14. The van der Waals surface area contributed by atoms with Crippen molar-refractivity contribution in [2.75, 3.05) is 6.61 Å². The Balaban J connectivity index is 2.25. The molecule has 0 radical (unpaired) electrons. The van der Waals surface area contributed by atoms with Crippen molar-refractivity contribution in [2.24, 2.45) is 0 Å². The van der Waals surface area contributed by atoms with E-state index in [9.17, 15) is 19.8 Å². The Labute approximate surface area is 141 Å². The van der Waals surface area contributed by atoms with E-state index >= 15 is 0 Å². The van der Waals surface area contributed by atoms with Gasteiger partial charge in [0.2, 0.25) is 5.41 Å². The van der Waals surface area contributed by atoms with Crippen molar-refractivity contribution in [3.05, 3.63) is 70.2 Å². The molecule has 23 heavy (non-hydrogen) atoms. The van der Waals surface area contributed by atoms with Crippen molar-refractivity contribution in [2.45, 2.75) is 12.0 Å². The fourth-order valence-electron chi connectivity index (χ4n) is 2.18. The first kappa shape index (κ1) is 17.2. The van der Waals surface area contributed by atoms with E-state index in [4.69, 9.17) is 4.74 Å². The molecule has 0 saturated heterocycles. The zero-order valence-corrected chi connectivity index (χ0v) is 13.7. The highest BCUT2D eigenvalue weighted by molar-refractivity contribution is 9.10. The number of ether oxygens (including phenoxy) is 1. The Morgan fingerprint density at radius 2 is 1.52 bits per heavy atom. The van der Waals surface area contributed by atoms with Gasteiger partial charge < -0.3 is 14.9 Å². The number of hydrogen-bond acceptors (Lipinski definition) is 3. The minimum Gasteiger partial charge on any atom is -0.480 e. The maximum Gasteiger partial charge on any atom is 0.328 e. The molecule has 0 atom stereocenters. The summed E-state index contributed by atoms with van der Waals surface area (Å²) in [6.45, 7) is -0.326. The molecular formula is C17H15BrO5. The fourth-order valence-corrected chi connectivity index (χ4v) is 2.44. The van der Waals surface area contributed by atoms with Gasteiger partial charge in [-0.15, -0.1) is 0 Å². The number of aliphatic carboxylic acids is 2. The van der Waals surface area contributed by atoms with E-state index in [1.165, 1.54) is 12.1 Å². The predicted octanol–water partition coefficient (Wildman–Crippen LogP) is 3.07. The third kappa shape index (κ3) is 3.78. The van der Waals surface area contributed by atoms with Gasteiger partial charge >= 0.3 is 11.9 Å². The summed E-state index contributed by atoms with van der Waals surface area (Å²) in [5.41, 5.74) is -1.14. The monoisotopic (exact) mass is 378 g/mol. The van der Waals surface area contributed by atoms with Gasteiger partial charge in [-0.1, -0.05) is 58.4 Å². The SMILES string of the molecule is O=C(O)C(COCc1ccccc1)(C(=O)O)c1ccc(Br)cc1. The Kier molecular flexibility index (Phi) is 5.52. The van der Waals surface area contributed by atoms with Crippen molar-refractivity contribution < 1.29 is 24.5 Å². The molecule has 2 N–H and O–H groups in total. The summed E-state index contributed by atoms with van der Waals surface area (Å²) in [7, 11) is 0. The lowest BCUT2D eigenvalue weighted by atomic mass is 9.81. The summed E-state index contributed by atoms with van der Waals surface area (Å²) in [5, 5.41) is 19.1. The van der Waals surface area contributed by atoms with Gasteiger partial charge in [-0.05, 0) is 23.3 Å². The Morgan fingerprint density at radius 1 is 0.957 bits per heavy atom. The Bertz CT molecular complexity index is 668. The van der Waals surface area contributed by atoms with Gasteiger partial charge in [0.25, 0.3) is 0 Å². The number of benzene rings is 2. The molecule has 5 nitrogen and oxygen atoms in total. The molecule has 0 saturated carbocycles. The lowest BCUT2D eigenvalue weighted by Gasteiger charge is -2.25. The second kappa shape index (κ2) is 7.39. The van der Waals surface area contributed by atoms with E-state index in [1.807, 2.05) is 30.3 Å². The summed E-state index contributed by atoms with van der Waals surface area (Å²) in [6, 6.07) is 15.3. The molecule has 2 rings (SSSR count). The van der Waals surface area contributed by atoms with Crippen LogP contribution in [-0.4, -0.2) is 28.8 Å². The molecule has 0 aromatic heterocycles. The number of carbonyl (C=O) groups is 2. The standard InChI is InChI=1S/C17H15BrO5/c18-14-8-6-13(7-9-14)17(15(19)20,16(21)22)11-23-10-12-4-2-1-3-5-12/h1-9H,10-11H2,(H,19,20)(H,21,22). The van der Waals surface area contributed by atoms with Crippen LogP contribution in [0.5, 0.6) is 0 Å². The molecular weight excluding hydrogens is 364 g/mol. The average molecular weight is 379 g/mol. The number of carboxylic acid groups (broad SMARTS) is 2. The topological polar surface area (TPSA) is 83.8 Å². The van der Waals surface area contributed by atoms with Crippen LogP contribution in [0.1, 0.15) is 11.1 Å². The van der Waals surface area contributed by atoms with Gasteiger partial charge in [-0.25, -0.2) is 0 Å². The largest absolute Gasteiger partial charge is 0.480 e. The molecule has 0 aliphatic heterocycles. The molecule has 120 valence electrons. The highest BCUT2D eigenvalue weighted by Gasteiger charge is 2.49. The molecule has 0 amide bonds. The quantitative estimate of drug-likeness (QED) is 0.723. The molecule has 0 unspecified atom stereocenters. The van der Waals surface area contributed by atoms with Crippen molar-refractivity contribution in [3.63, 3.8) is 0 Å². The molecule has 2 aromatic carbocycles. The third-order valence-corrected chi connectivity index (χ3v) is 4.03. The van der Waals surface area contributed by atoms with E-state index in [1.54, 1.807) is 12.1 Å². The molecule has 0 spiro atoms. The average Bonchev–Trinajstić information content (AvgIpc) is 2.53. The summed E-state index contributed by atoms with van der Waals surface area (Å²) < 4.78 is 6.15. The van der Waals surface area contributed by atoms with E-state index in [0.717, 1.165) is 10.0 Å². The number of carboxylic acids is 2. The lowest BCUT2D eigenvalue weighted by Crippen LogP contribution is -2.47. The van der Waals surface area contributed by atoms with Crippen LogP contribution in [0.3, 0.4) is 0 Å². The zero-order valence-electron chi connectivity index (χ0n) is 12.1. The lowest BCUT2D eigenvalue weighted by molar-refractivity contribution is -0.161. The van der Waals surface area contributed by atoms with Crippen LogP contribution in [0, 0.1) is 0 Å². The number of rotatable bonds is 7. The van der Waals surface area contributed by atoms with Crippen LogP contribution in [0.4, 0.5) is 0 Å². The van der Waals surface area contributed by atoms with Gasteiger partial charge in [0.15, 0.2) is 0 Å². The summed E-state index contributed by atoms with van der Waals surface area (Å²) in [5.74, 6) is -2.92. The molecule has 0 aliphatic carbocycles. The second-order valence-electron chi connectivity index (χ2n) is 5.00. The van der Waals surface area contributed by atoms with Crippen LogP contribution in [-0.2, 0) is 26.3 Å². The smallest absolute Gasteiger partial charge is 0.328 e. The first-order valence-electron chi connectivity index (χ1n) is 6.81. The number of halogens is 1. The minimum absolute atomic E-state index is 0.139. The fraction of sp³-hybridized carbons (Fsp3) is 0.176. The first-order valence-corrected chi connectivity index (χ1v) is 7.60. The summed E-state index contributed by atoms with van der Waals surface area (Å²) in [4.78, 5) is 23.4. The van der Waals surface area contributed by atoms with Gasteiger partial charge in [-0.2, -0.15) is 0 Å². The van der Waals surface area contributed by atoms with E-state index < -0.39 is 24.0 Å². The molecule has 0 fully saturated rings. The molecule has 6 heteroatoms. The van der Waals surface area contributed by atoms with Crippen molar-refractivity contribution in [1.82, 2.24) is 0 Å². The van der Waals surface area contributed by atoms with Crippen LogP contribution in [0.25, 0.3) is 0 Å². The van der Waals surface area contributed by atoms with Gasteiger partial charge in [0, 0.05) is 4.47 Å². The maximum atomic E-state index is 11.7. The highest BCUT2D eigenvalue weighted by Crippen LogP contribution is 2.28. The van der Waals surface area contributed by atoms with Gasteiger partial charge in [-0.3, -0.25) is 9.59 Å². The van der Waals surface area contributed by atoms with Crippen LogP contribution in [0.2, 0.25) is 0 Å². The van der Waals surface area contributed by atoms with Crippen LogP contribution < -0.4 is 0 Å². The van der Waals surface area contributed by atoms with E-state index in [2.05, 4.69) is 15.9 Å². The van der Waals surface area contributed by atoms with Crippen LogP contribution >= 0.6 is 15.9 Å². The van der Waals surface area contributed by atoms with Gasteiger partial charge in [0.05, 0.1) is 13.2 Å². The predicted molar refractivity (Wildman–Crippen MR) is 87.2 cm³/mol. The summed E-state index contributed by atoms with van der Waals surface area (Å²) >= 11 is 3.24. The second-order valence-corrected chi connectivity index (χ2v) is 5.92. The maximum absolute atomic E-state index is 11.7. The van der Waals surface area contributed by atoms with E-state index in [-0.39, 0.29) is 12.2 Å². The van der Waals surface area contributed by atoms with Crippen molar-refractivity contribution >= 4 is 27.9 Å².